The summed E-state index contributed by atoms with van der Waals surface area (Å²) in [4.78, 5) is 26.0. The van der Waals surface area contributed by atoms with Crippen molar-refractivity contribution >= 4 is 11.7 Å². The van der Waals surface area contributed by atoms with Crippen molar-refractivity contribution in [3.8, 4) is 0 Å². The maximum absolute atomic E-state index is 12.7. The fourth-order valence-electron chi connectivity index (χ4n) is 3.54. The standard InChI is InChI=1S/C21H24N2O2/c1-15(24)17-9-7-16(8-10-17)11-21(25)23-13-19(12-22)20(14-23)18-5-3-2-4-6-18/h2-10,19-20H,11-14,22H2,1H3/t19-,20+/m1/s1. The minimum absolute atomic E-state index is 0.0360. The zero-order chi connectivity index (χ0) is 17.8. The van der Waals surface area contributed by atoms with Crippen LogP contribution >= 0.6 is 0 Å². The van der Waals surface area contributed by atoms with E-state index in [1.807, 2.05) is 35.2 Å². The lowest BCUT2D eigenvalue weighted by atomic mass is 9.89. The molecule has 0 saturated carbocycles. The Bertz CT molecular complexity index is 740. The van der Waals surface area contributed by atoms with Crippen LogP contribution in [-0.4, -0.2) is 36.2 Å². The predicted molar refractivity (Wildman–Crippen MR) is 98.5 cm³/mol. The molecule has 0 bridgehead atoms. The first-order valence-electron chi connectivity index (χ1n) is 8.71. The molecule has 25 heavy (non-hydrogen) atoms. The second-order valence-electron chi connectivity index (χ2n) is 6.74. The van der Waals surface area contributed by atoms with Crippen molar-refractivity contribution in [2.45, 2.75) is 19.3 Å². The van der Waals surface area contributed by atoms with Crippen LogP contribution in [0.3, 0.4) is 0 Å². The molecule has 130 valence electrons. The molecule has 4 nitrogen and oxygen atoms in total. The van der Waals surface area contributed by atoms with Crippen molar-refractivity contribution in [1.82, 2.24) is 4.90 Å². The Morgan fingerprint density at radius 3 is 2.32 bits per heavy atom. The Kier molecular flexibility index (Phi) is 5.29. The summed E-state index contributed by atoms with van der Waals surface area (Å²) in [5.74, 6) is 0.753. The average molecular weight is 336 g/mol. The van der Waals surface area contributed by atoms with E-state index >= 15 is 0 Å². The highest BCUT2D eigenvalue weighted by Gasteiger charge is 2.35. The number of amides is 1. The maximum Gasteiger partial charge on any atom is 0.227 e. The largest absolute Gasteiger partial charge is 0.341 e. The van der Waals surface area contributed by atoms with Crippen molar-refractivity contribution in [1.29, 1.82) is 0 Å². The van der Waals surface area contributed by atoms with Gasteiger partial charge in [0.25, 0.3) is 0 Å². The molecule has 1 fully saturated rings. The summed E-state index contributed by atoms with van der Waals surface area (Å²) in [6, 6.07) is 17.6. The predicted octanol–water partition coefficient (Wildman–Crippen LogP) is 2.63. The fraction of sp³-hybridized carbons (Fsp3) is 0.333. The maximum atomic E-state index is 12.7. The number of rotatable bonds is 5. The van der Waals surface area contributed by atoms with Gasteiger partial charge in [0, 0.05) is 24.6 Å². The lowest BCUT2D eigenvalue weighted by Gasteiger charge is -2.17. The highest BCUT2D eigenvalue weighted by molar-refractivity contribution is 5.94. The van der Waals surface area contributed by atoms with Gasteiger partial charge in [-0.3, -0.25) is 9.59 Å². The van der Waals surface area contributed by atoms with Crippen LogP contribution in [0.2, 0.25) is 0 Å². The molecule has 4 heteroatoms. The Morgan fingerprint density at radius 1 is 1.04 bits per heavy atom. The van der Waals surface area contributed by atoms with Crippen LogP contribution in [0.15, 0.2) is 54.6 Å². The summed E-state index contributed by atoms with van der Waals surface area (Å²) >= 11 is 0. The molecule has 3 rings (SSSR count). The summed E-state index contributed by atoms with van der Waals surface area (Å²) in [6.07, 6.45) is 0.358. The van der Waals surface area contributed by atoms with Crippen LogP contribution in [0.4, 0.5) is 0 Å². The van der Waals surface area contributed by atoms with Crippen molar-refractivity contribution < 1.29 is 9.59 Å². The quantitative estimate of drug-likeness (QED) is 0.854. The van der Waals surface area contributed by atoms with E-state index in [2.05, 4.69) is 12.1 Å². The van der Waals surface area contributed by atoms with E-state index in [9.17, 15) is 9.59 Å². The normalized spacial score (nSPS) is 19.8. The Labute approximate surface area is 148 Å². The third-order valence-electron chi connectivity index (χ3n) is 5.04. The number of nitrogens with two attached hydrogens (primary N) is 1. The van der Waals surface area contributed by atoms with Gasteiger partial charge in [0.2, 0.25) is 5.91 Å². The number of nitrogens with zero attached hydrogens (tertiary/aromatic N) is 1. The molecule has 2 N–H and O–H groups in total. The molecule has 0 spiro atoms. The van der Waals surface area contributed by atoms with Gasteiger partial charge in [-0.2, -0.15) is 0 Å². The van der Waals surface area contributed by atoms with Crippen LogP contribution in [0.5, 0.6) is 0 Å². The second-order valence-corrected chi connectivity index (χ2v) is 6.74. The average Bonchev–Trinajstić information content (AvgIpc) is 3.07. The van der Waals surface area contributed by atoms with E-state index in [1.54, 1.807) is 19.1 Å². The van der Waals surface area contributed by atoms with Crippen LogP contribution in [0.25, 0.3) is 0 Å². The molecule has 1 aliphatic rings. The molecule has 1 amide bonds. The lowest BCUT2D eigenvalue weighted by molar-refractivity contribution is -0.129. The highest BCUT2D eigenvalue weighted by atomic mass is 16.2. The lowest BCUT2D eigenvalue weighted by Crippen LogP contribution is -2.31. The zero-order valence-electron chi connectivity index (χ0n) is 14.5. The molecule has 1 heterocycles. The number of Topliss-reactive ketones (excluding diaryl/α,β-unsaturated/α-hetero) is 1. The zero-order valence-corrected chi connectivity index (χ0v) is 14.5. The summed E-state index contributed by atoms with van der Waals surface area (Å²) in [5, 5.41) is 0. The van der Waals surface area contributed by atoms with Crippen molar-refractivity contribution in [3.05, 3.63) is 71.3 Å². The third-order valence-corrected chi connectivity index (χ3v) is 5.04. The van der Waals surface area contributed by atoms with Gasteiger partial charge in [-0.25, -0.2) is 0 Å². The molecule has 0 unspecified atom stereocenters. The number of hydrogen-bond donors (Lipinski definition) is 1. The Hall–Kier alpha value is -2.46. The number of ketones is 1. The topological polar surface area (TPSA) is 63.4 Å². The van der Waals surface area contributed by atoms with E-state index < -0.39 is 0 Å². The molecule has 0 aliphatic carbocycles. The van der Waals surface area contributed by atoms with E-state index in [1.165, 1.54) is 5.56 Å². The first-order chi connectivity index (χ1) is 12.1. The molecule has 2 aromatic carbocycles. The fourth-order valence-corrected chi connectivity index (χ4v) is 3.54. The van der Waals surface area contributed by atoms with Crippen molar-refractivity contribution in [3.63, 3.8) is 0 Å². The minimum atomic E-state index is 0.0360. The molecule has 0 radical (unpaired) electrons. The van der Waals surface area contributed by atoms with Gasteiger partial charge in [-0.05, 0) is 30.5 Å². The van der Waals surface area contributed by atoms with Gasteiger partial charge >= 0.3 is 0 Å². The molecular weight excluding hydrogens is 312 g/mol. The van der Waals surface area contributed by atoms with Crippen molar-refractivity contribution in [2.24, 2.45) is 11.7 Å². The van der Waals surface area contributed by atoms with Gasteiger partial charge in [-0.15, -0.1) is 0 Å². The second kappa shape index (κ2) is 7.62. The van der Waals surface area contributed by atoms with Gasteiger partial charge < -0.3 is 10.6 Å². The van der Waals surface area contributed by atoms with Gasteiger partial charge in [0.05, 0.1) is 6.42 Å². The molecule has 1 aliphatic heterocycles. The summed E-state index contributed by atoms with van der Waals surface area (Å²) in [6.45, 7) is 3.55. The van der Waals surface area contributed by atoms with E-state index in [0.717, 1.165) is 12.1 Å². The van der Waals surface area contributed by atoms with Crippen molar-refractivity contribution in [2.75, 3.05) is 19.6 Å². The van der Waals surface area contributed by atoms with Gasteiger partial charge in [-0.1, -0.05) is 54.6 Å². The number of carbonyl (C=O) groups is 2. The van der Waals surface area contributed by atoms with Crippen LogP contribution in [0, 0.1) is 5.92 Å². The highest BCUT2D eigenvalue weighted by Crippen LogP contribution is 2.32. The Morgan fingerprint density at radius 2 is 1.72 bits per heavy atom. The Balaban J connectivity index is 1.67. The molecule has 2 atom stereocenters. The number of likely N-dealkylation sites (tertiary alicyclic amines) is 1. The third kappa shape index (κ3) is 3.97. The molecular formula is C21H24N2O2. The SMILES string of the molecule is CC(=O)c1ccc(CC(=O)N2C[C@@H](CN)[C@H](c3ccccc3)C2)cc1. The summed E-state index contributed by atoms with van der Waals surface area (Å²) in [5.41, 5.74) is 8.80. The summed E-state index contributed by atoms with van der Waals surface area (Å²) in [7, 11) is 0. The van der Waals surface area contributed by atoms with Crippen LogP contribution in [-0.2, 0) is 11.2 Å². The van der Waals surface area contributed by atoms with Gasteiger partial charge in [0.15, 0.2) is 5.78 Å². The molecule has 2 aromatic rings. The number of hydrogen-bond acceptors (Lipinski definition) is 3. The number of carbonyl (C=O) groups excluding carboxylic acids is 2. The van der Waals surface area contributed by atoms with Gasteiger partial charge in [0.1, 0.15) is 0 Å². The molecule has 1 saturated heterocycles. The molecule has 0 aromatic heterocycles. The monoisotopic (exact) mass is 336 g/mol. The minimum Gasteiger partial charge on any atom is -0.341 e. The first-order valence-corrected chi connectivity index (χ1v) is 8.71. The first kappa shape index (κ1) is 17.4. The smallest absolute Gasteiger partial charge is 0.227 e. The van der Waals surface area contributed by atoms with E-state index in [-0.39, 0.29) is 11.7 Å². The summed E-state index contributed by atoms with van der Waals surface area (Å²) < 4.78 is 0. The van der Waals surface area contributed by atoms with E-state index in [0.29, 0.717) is 36.9 Å². The van der Waals surface area contributed by atoms with Crippen LogP contribution < -0.4 is 5.73 Å². The number of benzene rings is 2. The van der Waals surface area contributed by atoms with Crippen LogP contribution in [0.1, 0.15) is 34.3 Å². The van der Waals surface area contributed by atoms with E-state index in [4.69, 9.17) is 5.73 Å².